The van der Waals surface area contributed by atoms with Gasteiger partial charge in [0.2, 0.25) is 17.2 Å². The minimum Gasteiger partial charge on any atom is -0.380 e. The van der Waals surface area contributed by atoms with E-state index in [0.29, 0.717) is 31.7 Å². The van der Waals surface area contributed by atoms with Crippen LogP contribution < -0.4 is 10.2 Å². The van der Waals surface area contributed by atoms with E-state index in [0.717, 1.165) is 13.0 Å². The second kappa shape index (κ2) is 8.05. The largest absolute Gasteiger partial charge is 0.380 e. The number of likely N-dealkylation sites (N-methyl/N-ethyl adjacent to an activating group) is 1. The van der Waals surface area contributed by atoms with Crippen molar-refractivity contribution in [3.05, 3.63) is 5.28 Å². The molecule has 0 saturated carbocycles. The molecule has 7 heteroatoms. The van der Waals surface area contributed by atoms with Crippen molar-refractivity contribution < 1.29 is 4.74 Å². The summed E-state index contributed by atoms with van der Waals surface area (Å²) in [7, 11) is 1.90. The Kier molecular flexibility index (Phi) is 6.67. The molecular formula is C11H20ClN5O. The molecule has 0 amide bonds. The molecule has 102 valence electrons. The molecule has 0 atom stereocenters. The van der Waals surface area contributed by atoms with E-state index in [1.807, 2.05) is 18.9 Å². The van der Waals surface area contributed by atoms with Gasteiger partial charge < -0.3 is 15.0 Å². The number of nitrogens with one attached hydrogen (secondary N) is 1. The number of aromatic nitrogens is 3. The van der Waals surface area contributed by atoms with E-state index in [2.05, 4.69) is 27.2 Å². The van der Waals surface area contributed by atoms with E-state index in [4.69, 9.17) is 16.3 Å². The Hall–Kier alpha value is -1.14. The fraction of sp³-hybridized carbons (Fsp3) is 0.727. The van der Waals surface area contributed by atoms with Gasteiger partial charge >= 0.3 is 0 Å². The Bertz CT molecular complexity index is 363. The van der Waals surface area contributed by atoms with Crippen LogP contribution in [0.25, 0.3) is 0 Å². The lowest BCUT2D eigenvalue weighted by molar-refractivity contribution is 0.154. The minimum atomic E-state index is 0.196. The van der Waals surface area contributed by atoms with E-state index < -0.39 is 0 Å². The second-order valence-electron chi connectivity index (χ2n) is 3.77. The first-order chi connectivity index (χ1) is 8.67. The molecule has 0 unspecified atom stereocenters. The maximum atomic E-state index is 5.87. The van der Waals surface area contributed by atoms with E-state index in [-0.39, 0.29) is 5.28 Å². The summed E-state index contributed by atoms with van der Waals surface area (Å²) >= 11 is 5.87. The van der Waals surface area contributed by atoms with Crippen LogP contribution in [0, 0.1) is 0 Å². The molecule has 1 N–H and O–H groups in total. The minimum absolute atomic E-state index is 0.196. The van der Waals surface area contributed by atoms with Gasteiger partial charge in [-0.1, -0.05) is 6.92 Å². The summed E-state index contributed by atoms with van der Waals surface area (Å²) in [5, 5.41) is 3.29. The van der Waals surface area contributed by atoms with Crippen molar-refractivity contribution in [2.75, 3.05) is 43.6 Å². The first-order valence-electron chi connectivity index (χ1n) is 6.11. The highest BCUT2D eigenvalue weighted by Gasteiger charge is 2.08. The van der Waals surface area contributed by atoms with E-state index in [1.54, 1.807) is 0 Å². The topological polar surface area (TPSA) is 63.2 Å². The summed E-state index contributed by atoms with van der Waals surface area (Å²) in [5.74, 6) is 1.06. The van der Waals surface area contributed by atoms with Gasteiger partial charge in [-0.05, 0) is 24.9 Å². The van der Waals surface area contributed by atoms with Crippen LogP contribution in [0.1, 0.15) is 20.3 Å². The molecule has 0 saturated heterocycles. The van der Waals surface area contributed by atoms with Crippen molar-refractivity contribution in [2.24, 2.45) is 0 Å². The molecule has 1 rings (SSSR count). The van der Waals surface area contributed by atoms with Crippen LogP contribution in [-0.2, 0) is 4.74 Å². The van der Waals surface area contributed by atoms with Gasteiger partial charge in [-0.15, -0.1) is 0 Å². The van der Waals surface area contributed by atoms with Crippen LogP contribution in [0.4, 0.5) is 11.9 Å². The number of ether oxygens (including phenoxy) is 1. The molecule has 0 aromatic carbocycles. The van der Waals surface area contributed by atoms with Gasteiger partial charge in [-0.25, -0.2) is 0 Å². The molecule has 0 fully saturated rings. The maximum Gasteiger partial charge on any atom is 0.231 e. The van der Waals surface area contributed by atoms with Crippen LogP contribution in [0.15, 0.2) is 0 Å². The summed E-state index contributed by atoms with van der Waals surface area (Å²) in [5.41, 5.74) is 0. The predicted molar refractivity (Wildman–Crippen MR) is 73.4 cm³/mol. The monoisotopic (exact) mass is 273 g/mol. The van der Waals surface area contributed by atoms with Gasteiger partial charge in [-0.3, -0.25) is 0 Å². The van der Waals surface area contributed by atoms with Crippen LogP contribution in [0.2, 0.25) is 5.28 Å². The molecule has 0 bridgehead atoms. The van der Waals surface area contributed by atoms with Crippen molar-refractivity contribution in [3.63, 3.8) is 0 Å². The van der Waals surface area contributed by atoms with E-state index >= 15 is 0 Å². The summed E-state index contributed by atoms with van der Waals surface area (Å²) < 4.78 is 5.29. The lowest BCUT2D eigenvalue weighted by Gasteiger charge is -2.17. The Labute approximate surface area is 113 Å². The molecule has 0 spiro atoms. The van der Waals surface area contributed by atoms with Crippen molar-refractivity contribution in [2.45, 2.75) is 20.3 Å². The number of hydrogen-bond donors (Lipinski definition) is 1. The van der Waals surface area contributed by atoms with Gasteiger partial charge in [0.05, 0.1) is 6.61 Å². The highest BCUT2D eigenvalue weighted by molar-refractivity contribution is 6.28. The lowest BCUT2D eigenvalue weighted by atomic mass is 10.5. The van der Waals surface area contributed by atoms with Crippen LogP contribution in [0.3, 0.4) is 0 Å². The van der Waals surface area contributed by atoms with Gasteiger partial charge in [0, 0.05) is 26.7 Å². The molecule has 18 heavy (non-hydrogen) atoms. The van der Waals surface area contributed by atoms with Crippen molar-refractivity contribution in [1.29, 1.82) is 0 Å². The van der Waals surface area contributed by atoms with Crippen LogP contribution in [0.5, 0.6) is 0 Å². The Morgan fingerprint density at radius 1 is 1.28 bits per heavy atom. The van der Waals surface area contributed by atoms with Crippen LogP contribution >= 0.6 is 11.6 Å². The SMILES string of the molecule is CCCNc1nc(Cl)nc(N(C)CCOCC)n1. The zero-order valence-electron chi connectivity index (χ0n) is 11.1. The average Bonchev–Trinajstić information content (AvgIpc) is 2.36. The van der Waals surface area contributed by atoms with Gasteiger partial charge in [-0.2, -0.15) is 15.0 Å². The molecule has 0 aliphatic heterocycles. The number of rotatable bonds is 8. The maximum absolute atomic E-state index is 5.87. The quantitative estimate of drug-likeness (QED) is 0.729. The molecule has 1 heterocycles. The fourth-order valence-electron chi connectivity index (χ4n) is 1.27. The van der Waals surface area contributed by atoms with Crippen molar-refractivity contribution in [1.82, 2.24) is 15.0 Å². The highest BCUT2D eigenvalue weighted by Crippen LogP contribution is 2.12. The second-order valence-corrected chi connectivity index (χ2v) is 4.11. The highest BCUT2D eigenvalue weighted by atomic mass is 35.5. The standard InChI is InChI=1S/C11H20ClN5O/c1-4-6-13-10-14-9(12)15-11(16-10)17(3)7-8-18-5-2/h4-8H2,1-3H3,(H,13,14,15,16). The summed E-state index contributed by atoms with van der Waals surface area (Å²) in [6.45, 7) is 6.89. The summed E-state index contributed by atoms with van der Waals surface area (Å²) in [6, 6.07) is 0. The number of hydrogen-bond acceptors (Lipinski definition) is 6. The van der Waals surface area contributed by atoms with Gasteiger partial charge in [0.1, 0.15) is 0 Å². The van der Waals surface area contributed by atoms with Crippen molar-refractivity contribution in [3.8, 4) is 0 Å². The Morgan fingerprint density at radius 3 is 2.72 bits per heavy atom. The van der Waals surface area contributed by atoms with Gasteiger partial charge in [0.15, 0.2) is 0 Å². The van der Waals surface area contributed by atoms with Gasteiger partial charge in [0.25, 0.3) is 0 Å². The molecule has 6 nitrogen and oxygen atoms in total. The lowest BCUT2D eigenvalue weighted by Crippen LogP contribution is -2.25. The van der Waals surface area contributed by atoms with Crippen molar-refractivity contribution >= 4 is 23.5 Å². The van der Waals surface area contributed by atoms with Crippen LogP contribution in [-0.4, -0.2) is 48.3 Å². The number of anilines is 2. The molecule has 0 radical (unpaired) electrons. The van der Waals surface area contributed by atoms with E-state index in [1.165, 1.54) is 0 Å². The zero-order chi connectivity index (χ0) is 13.4. The fourth-order valence-corrected chi connectivity index (χ4v) is 1.43. The molecule has 0 aliphatic rings. The summed E-state index contributed by atoms with van der Waals surface area (Å²) in [4.78, 5) is 14.3. The van der Waals surface area contributed by atoms with E-state index in [9.17, 15) is 0 Å². The molecule has 1 aromatic rings. The number of halogens is 1. The normalized spacial score (nSPS) is 10.4. The molecular weight excluding hydrogens is 254 g/mol. The third kappa shape index (κ3) is 5.01. The predicted octanol–water partition coefficient (Wildman–Crippen LogP) is 1.82. The first-order valence-corrected chi connectivity index (χ1v) is 6.49. The zero-order valence-corrected chi connectivity index (χ0v) is 11.9. The average molecular weight is 274 g/mol. The first kappa shape index (κ1) is 14.9. The molecule has 1 aromatic heterocycles. The Balaban J connectivity index is 2.65. The third-order valence-electron chi connectivity index (χ3n) is 2.25. The third-order valence-corrected chi connectivity index (χ3v) is 2.42. The smallest absolute Gasteiger partial charge is 0.231 e. The summed E-state index contributed by atoms with van der Waals surface area (Å²) in [6.07, 6.45) is 0.999. The Morgan fingerprint density at radius 2 is 2.06 bits per heavy atom. The number of nitrogens with zero attached hydrogens (tertiary/aromatic N) is 4. The molecule has 0 aliphatic carbocycles.